The van der Waals surface area contributed by atoms with Gasteiger partial charge in [0.15, 0.2) is 0 Å². The molecular weight excluding hydrogens is 364 g/mol. The van der Waals surface area contributed by atoms with Crippen molar-refractivity contribution in [2.24, 2.45) is 4.99 Å². The molecule has 0 saturated carbocycles. The maximum Gasteiger partial charge on any atom is 0.339 e. The first-order valence-corrected chi connectivity index (χ1v) is 11.6. The van der Waals surface area contributed by atoms with Gasteiger partial charge in [-0.3, -0.25) is 0 Å². The van der Waals surface area contributed by atoms with Gasteiger partial charge in [0.05, 0.1) is 5.70 Å². The van der Waals surface area contributed by atoms with Crippen molar-refractivity contribution in [3.8, 4) is 0 Å². The Hall–Kier alpha value is -1.18. The van der Waals surface area contributed by atoms with E-state index in [0.717, 1.165) is 6.04 Å². The van der Waals surface area contributed by atoms with E-state index < -0.39 is 14.0 Å². The second-order valence-corrected chi connectivity index (χ2v) is 12.6. The zero-order chi connectivity index (χ0) is 16.9. The van der Waals surface area contributed by atoms with Crippen LogP contribution >= 0.6 is 15.9 Å². The Bertz CT molecular complexity index is 547. The first-order valence-electron chi connectivity index (χ1n) is 7.05. The number of hydrogen-bond acceptors (Lipinski definition) is 4. The zero-order valence-corrected chi connectivity index (χ0v) is 16.1. The average molecular weight is 387 g/mol. The van der Waals surface area contributed by atoms with Gasteiger partial charge in [-0.25, -0.2) is 9.79 Å². The number of carbonyl (C=O) groups is 1. The molecule has 0 aromatic heterocycles. The molecule has 0 saturated heterocycles. The Morgan fingerprint density at radius 1 is 1.55 bits per heavy atom. The summed E-state index contributed by atoms with van der Waals surface area (Å²) in [6.07, 6.45) is 3.26. The minimum Gasteiger partial charge on any atom is -0.478 e. The molecule has 122 valence electrons. The summed E-state index contributed by atoms with van der Waals surface area (Å²) >= 11 is 3.26. The van der Waals surface area contributed by atoms with Gasteiger partial charge in [0.2, 0.25) is 0 Å². The van der Waals surface area contributed by atoms with Gasteiger partial charge in [-0.15, -0.1) is 0 Å². The molecule has 22 heavy (non-hydrogen) atoms. The van der Waals surface area contributed by atoms with Crippen molar-refractivity contribution < 1.29 is 14.6 Å². The first-order chi connectivity index (χ1) is 10.2. The molecule has 0 fully saturated rings. The monoisotopic (exact) mass is 386 g/mol. The fourth-order valence-electron chi connectivity index (χ4n) is 1.70. The smallest absolute Gasteiger partial charge is 0.339 e. The molecule has 0 unspecified atom stereocenters. The van der Waals surface area contributed by atoms with Crippen molar-refractivity contribution >= 4 is 35.7 Å². The Morgan fingerprint density at radius 2 is 2.18 bits per heavy atom. The second kappa shape index (κ2) is 7.89. The third-order valence-corrected chi connectivity index (χ3v) is 5.41. The summed E-state index contributed by atoms with van der Waals surface area (Å²) in [6, 6.07) is 1.06. The Kier molecular flexibility index (Phi) is 6.77. The zero-order valence-electron chi connectivity index (χ0n) is 13.5. The maximum absolute atomic E-state index is 11.3. The highest BCUT2D eigenvalue weighted by atomic mass is 79.9. The lowest BCUT2D eigenvalue weighted by Gasteiger charge is -2.19. The number of hydrogen-bond donors (Lipinski definition) is 1. The highest BCUT2D eigenvalue weighted by Crippen LogP contribution is 2.24. The third-order valence-electron chi connectivity index (χ3n) is 3.07. The van der Waals surface area contributed by atoms with E-state index in [4.69, 9.17) is 4.74 Å². The van der Waals surface area contributed by atoms with Gasteiger partial charge in [-0.1, -0.05) is 32.3 Å². The van der Waals surface area contributed by atoms with Gasteiger partial charge in [0.1, 0.15) is 22.6 Å². The van der Waals surface area contributed by atoms with Crippen LogP contribution in [0.25, 0.3) is 0 Å². The van der Waals surface area contributed by atoms with E-state index >= 15 is 0 Å². The predicted octanol–water partition coefficient (Wildman–Crippen LogP) is 3.79. The number of aliphatic carboxylic acids is 1. The van der Waals surface area contributed by atoms with Crippen LogP contribution in [-0.2, 0) is 9.53 Å². The largest absolute Gasteiger partial charge is 0.478 e. The van der Waals surface area contributed by atoms with E-state index in [1.807, 2.05) is 6.92 Å². The van der Waals surface area contributed by atoms with Crippen LogP contribution in [0.1, 0.15) is 6.92 Å². The second-order valence-electron chi connectivity index (χ2n) is 6.18. The Morgan fingerprint density at radius 3 is 2.68 bits per heavy atom. The molecule has 0 aliphatic carbocycles. The number of allylic oxidation sites excluding steroid dienone is 2. The van der Waals surface area contributed by atoms with Gasteiger partial charge in [-0.05, 0) is 28.9 Å². The van der Waals surface area contributed by atoms with Gasteiger partial charge in [-0.2, -0.15) is 0 Å². The molecule has 1 N–H and O–H groups in total. The SMILES string of the molecule is C=C1C(=N/C(Br)=C\C)C(C(=O)O)=CN1COCC[Si](C)(C)C. The molecule has 0 amide bonds. The summed E-state index contributed by atoms with van der Waals surface area (Å²) in [5.74, 6) is -1.03. The van der Waals surface area contributed by atoms with Gasteiger partial charge >= 0.3 is 5.97 Å². The lowest BCUT2D eigenvalue weighted by Crippen LogP contribution is -2.24. The van der Waals surface area contributed by atoms with Crippen molar-refractivity contribution in [3.05, 3.63) is 34.7 Å². The van der Waals surface area contributed by atoms with E-state index in [1.54, 1.807) is 11.0 Å². The number of rotatable bonds is 7. The fourth-order valence-corrected chi connectivity index (χ4v) is 2.63. The number of nitrogens with zero attached hydrogens (tertiary/aromatic N) is 2. The van der Waals surface area contributed by atoms with Crippen LogP contribution in [0, 0.1) is 0 Å². The van der Waals surface area contributed by atoms with E-state index in [9.17, 15) is 9.90 Å². The van der Waals surface area contributed by atoms with Crippen LogP contribution in [0.4, 0.5) is 0 Å². The van der Waals surface area contributed by atoms with Crippen molar-refractivity contribution in [3.63, 3.8) is 0 Å². The number of ether oxygens (including phenoxy) is 1. The minimum atomic E-state index is -1.14. The summed E-state index contributed by atoms with van der Waals surface area (Å²) in [7, 11) is -1.14. The first kappa shape index (κ1) is 18.9. The lowest BCUT2D eigenvalue weighted by molar-refractivity contribution is -0.132. The third kappa shape index (κ3) is 5.55. The molecule has 1 aliphatic heterocycles. The number of aliphatic imine (C=N–C) groups is 1. The van der Waals surface area contributed by atoms with Crippen LogP contribution in [0.5, 0.6) is 0 Å². The number of halogens is 1. The van der Waals surface area contributed by atoms with Gasteiger partial charge in [0, 0.05) is 20.9 Å². The van der Waals surface area contributed by atoms with E-state index in [2.05, 4.69) is 47.1 Å². The quantitative estimate of drug-likeness (QED) is 0.410. The average Bonchev–Trinajstić information content (AvgIpc) is 2.71. The Balaban J connectivity index is 2.76. The maximum atomic E-state index is 11.3. The summed E-state index contributed by atoms with van der Waals surface area (Å²) in [5, 5.41) is 9.30. The van der Waals surface area contributed by atoms with Crippen LogP contribution in [0.15, 0.2) is 39.7 Å². The van der Waals surface area contributed by atoms with Gasteiger partial charge in [0.25, 0.3) is 0 Å². The van der Waals surface area contributed by atoms with Crippen LogP contribution < -0.4 is 0 Å². The number of carboxylic acids is 1. The van der Waals surface area contributed by atoms with Crippen LogP contribution in [0.3, 0.4) is 0 Å². The molecule has 0 spiro atoms. The molecule has 0 atom stereocenters. The lowest BCUT2D eigenvalue weighted by atomic mass is 10.2. The summed E-state index contributed by atoms with van der Waals surface area (Å²) in [4.78, 5) is 17.3. The highest BCUT2D eigenvalue weighted by molar-refractivity contribution is 9.11. The van der Waals surface area contributed by atoms with Crippen molar-refractivity contribution in [1.82, 2.24) is 4.90 Å². The molecular formula is C15H23BrN2O3Si. The highest BCUT2D eigenvalue weighted by Gasteiger charge is 2.29. The summed E-state index contributed by atoms with van der Waals surface area (Å²) < 4.78 is 6.22. The van der Waals surface area contributed by atoms with E-state index in [-0.39, 0.29) is 12.3 Å². The molecule has 1 aliphatic rings. The predicted molar refractivity (Wildman–Crippen MR) is 95.8 cm³/mol. The van der Waals surface area contributed by atoms with Crippen molar-refractivity contribution in [2.45, 2.75) is 32.6 Å². The molecule has 5 nitrogen and oxygen atoms in total. The van der Waals surface area contributed by atoms with Crippen molar-refractivity contribution in [2.75, 3.05) is 13.3 Å². The molecule has 0 bridgehead atoms. The van der Waals surface area contributed by atoms with Gasteiger partial charge < -0.3 is 14.7 Å². The number of carboxylic acid groups (broad SMARTS) is 1. The standard InChI is InChI=1S/C15H23BrN2O3Si/c1-6-13(16)17-14-11(2)18(9-12(14)15(19)20)10-21-7-8-22(3,4)5/h6,9H,2,7-8,10H2,1,3-5H3,(H,19,20)/b13-6-,17-14?. The summed E-state index contributed by atoms with van der Waals surface area (Å²) in [5.41, 5.74) is 1.01. The molecule has 0 aromatic rings. The van der Waals surface area contributed by atoms with E-state index in [1.165, 1.54) is 6.20 Å². The molecule has 7 heteroatoms. The summed E-state index contributed by atoms with van der Waals surface area (Å²) in [6.45, 7) is 13.5. The fraction of sp³-hybridized carbons (Fsp3) is 0.467. The van der Waals surface area contributed by atoms with Crippen molar-refractivity contribution in [1.29, 1.82) is 0 Å². The topological polar surface area (TPSA) is 62.1 Å². The molecule has 1 rings (SSSR count). The van der Waals surface area contributed by atoms with E-state index in [0.29, 0.717) is 22.6 Å². The van der Waals surface area contributed by atoms with Crippen LogP contribution in [-0.4, -0.2) is 43.1 Å². The molecule has 0 aromatic carbocycles. The Labute approximate surface area is 141 Å². The molecule has 1 heterocycles. The normalized spacial score (nSPS) is 18.1. The van der Waals surface area contributed by atoms with Crippen LogP contribution in [0.2, 0.25) is 25.7 Å². The minimum absolute atomic E-state index is 0.123. The molecule has 0 radical (unpaired) electrons.